The maximum atomic E-state index is 12.2. The van der Waals surface area contributed by atoms with Crippen molar-refractivity contribution >= 4 is 34.7 Å². The van der Waals surface area contributed by atoms with E-state index in [2.05, 4.69) is 0 Å². The SMILES string of the molecule is CC(=O)C(=O)[C@@](O)(C(C)=O)[C@](O)(C(C)=O)[C@](O)(C(C)=O)[C@H](O)C(O)C(C)=O. The third-order valence-corrected chi connectivity index (χ3v) is 4.42. The van der Waals surface area contributed by atoms with Crippen molar-refractivity contribution in [2.24, 2.45) is 0 Å². The summed E-state index contributed by atoms with van der Waals surface area (Å²) in [4.78, 5) is 71.2. The Morgan fingerprint density at radius 2 is 1.11 bits per heavy atom. The lowest BCUT2D eigenvalue weighted by Crippen LogP contribution is -2.82. The number of aliphatic hydroxyl groups is 5. The Morgan fingerprint density at radius 3 is 1.33 bits per heavy atom. The van der Waals surface area contributed by atoms with Crippen molar-refractivity contribution in [3.05, 3.63) is 0 Å². The Kier molecular flexibility index (Phi) is 7.19. The summed E-state index contributed by atoms with van der Waals surface area (Å²) in [5, 5.41) is 52.0. The molecule has 0 rings (SSSR count). The number of aliphatic hydroxyl groups excluding tert-OH is 2. The number of rotatable bonds is 10. The van der Waals surface area contributed by atoms with Gasteiger partial charge in [-0.05, 0) is 27.7 Å². The smallest absolute Gasteiger partial charge is 0.240 e. The van der Waals surface area contributed by atoms with Crippen LogP contribution in [0.5, 0.6) is 0 Å². The maximum absolute atomic E-state index is 12.2. The van der Waals surface area contributed by atoms with Gasteiger partial charge in [-0.15, -0.1) is 0 Å². The molecule has 0 heterocycles. The van der Waals surface area contributed by atoms with Gasteiger partial charge < -0.3 is 25.5 Å². The predicted octanol–water partition coefficient (Wildman–Crippen LogP) is -3.58. The third-order valence-electron chi connectivity index (χ3n) is 4.42. The first-order valence-electron chi connectivity index (χ1n) is 7.57. The molecule has 0 aromatic carbocycles. The molecule has 27 heavy (non-hydrogen) atoms. The standard InChI is InChI=1S/C16H22O11/c1-6(17)11(22)13(24)15(26,9(4)20)16(27,10(5)21)14(25,8(3)19)12(23)7(2)18/h11,13,22,24-27H,1-5H3/t11?,13-,14+,15+,16-/m1/s1. The van der Waals surface area contributed by atoms with Crippen LogP contribution in [0.25, 0.3) is 0 Å². The van der Waals surface area contributed by atoms with Gasteiger partial charge in [0.25, 0.3) is 0 Å². The first-order chi connectivity index (χ1) is 11.9. The van der Waals surface area contributed by atoms with E-state index in [-0.39, 0.29) is 0 Å². The second-order valence-electron chi connectivity index (χ2n) is 6.24. The summed E-state index contributed by atoms with van der Waals surface area (Å²) in [6, 6.07) is 0. The number of carbonyl (C=O) groups is 6. The van der Waals surface area contributed by atoms with E-state index in [4.69, 9.17) is 0 Å². The highest BCUT2D eigenvalue weighted by atomic mass is 16.4. The Hall–Kier alpha value is -2.18. The molecule has 5 atom stereocenters. The van der Waals surface area contributed by atoms with Crippen molar-refractivity contribution in [1.29, 1.82) is 0 Å². The summed E-state index contributed by atoms with van der Waals surface area (Å²) in [6.45, 7) is 2.71. The number of Topliss-reactive ketones (excluding diaryl/α,β-unsaturated/α-hetero) is 6. The Morgan fingerprint density at radius 1 is 0.704 bits per heavy atom. The summed E-state index contributed by atoms with van der Waals surface area (Å²) >= 11 is 0. The van der Waals surface area contributed by atoms with Gasteiger partial charge in [-0.1, -0.05) is 0 Å². The molecule has 0 aliphatic heterocycles. The van der Waals surface area contributed by atoms with E-state index in [0.717, 1.165) is 6.92 Å². The average molecular weight is 390 g/mol. The highest BCUT2D eigenvalue weighted by molar-refractivity contribution is 6.45. The monoisotopic (exact) mass is 390 g/mol. The number of carbonyl (C=O) groups excluding carboxylic acids is 6. The van der Waals surface area contributed by atoms with Crippen molar-refractivity contribution in [1.82, 2.24) is 0 Å². The van der Waals surface area contributed by atoms with Gasteiger partial charge >= 0.3 is 0 Å². The highest BCUT2D eigenvalue weighted by Crippen LogP contribution is 2.40. The summed E-state index contributed by atoms with van der Waals surface area (Å²) in [5.41, 5.74) is -12.0. The molecule has 11 nitrogen and oxygen atoms in total. The molecule has 0 saturated carbocycles. The molecule has 0 aromatic rings. The Labute approximate surface area is 153 Å². The fourth-order valence-electron chi connectivity index (χ4n) is 2.76. The van der Waals surface area contributed by atoms with Gasteiger partial charge in [0, 0.05) is 6.92 Å². The largest absolute Gasteiger partial charge is 0.386 e. The van der Waals surface area contributed by atoms with Gasteiger partial charge in [-0.25, -0.2) is 0 Å². The minimum Gasteiger partial charge on any atom is -0.386 e. The van der Waals surface area contributed by atoms with Crippen LogP contribution in [0, 0.1) is 0 Å². The van der Waals surface area contributed by atoms with Crippen LogP contribution in [0.15, 0.2) is 0 Å². The van der Waals surface area contributed by atoms with Gasteiger partial charge in [0.05, 0.1) is 0 Å². The zero-order valence-electron chi connectivity index (χ0n) is 15.3. The molecule has 0 aromatic heterocycles. The molecule has 1 unspecified atom stereocenters. The van der Waals surface area contributed by atoms with E-state index < -0.39 is 63.7 Å². The second-order valence-corrected chi connectivity index (χ2v) is 6.24. The zero-order chi connectivity index (χ0) is 22.1. The molecule has 0 spiro atoms. The van der Waals surface area contributed by atoms with E-state index in [0.29, 0.717) is 27.7 Å². The van der Waals surface area contributed by atoms with Gasteiger partial charge in [0.2, 0.25) is 17.0 Å². The molecule has 0 bridgehead atoms. The minimum absolute atomic E-state index is 0.447. The minimum atomic E-state index is -4.11. The van der Waals surface area contributed by atoms with Gasteiger partial charge in [-0.3, -0.25) is 28.8 Å². The number of hydrogen-bond acceptors (Lipinski definition) is 11. The number of hydrogen-bond donors (Lipinski definition) is 5. The quantitative estimate of drug-likeness (QED) is 0.182. The molecule has 0 aliphatic rings. The number of ketones is 6. The first kappa shape index (κ1) is 24.8. The van der Waals surface area contributed by atoms with Crippen LogP contribution in [0.2, 0.25) is 0 Å². The fourth-order valence-corrected chi connectivity index (χ4v) is 2.76. The average Bonchev–Trinajstić information content (AvgIpc) is 2.56. The molecule has 11 heteroatoms. The van der Waals surface area contributed by atoms with Crippen LogP contribution < -0.4 is 0 Å². The van der Waals surface area contributed by atoms with Crippen molar-refractivity contribution in [2.75, 3.05) is 0 Å². The van der Waals surface area contributed by atoms with E-state index in [9.17, 15) is 54.3 Å². The highest BCUT2D eigenvalue weighted by Gasteiger charge is 2.75. The van der Waals surface area contributed by atoms with Crippen molar-refractivity contribution in [3.63, 3.8) is 0 Å². The summed E-state index contributed by atoms with van der Waals surface area (Å²) in [6.07, 6.45) is -5.51. The molecular weight excluding hydrogens is 368 g/mol. The molecule has 152 valence electrons. The van der Waals surface area contributed by atoms with Crippen LogP contribution in [0.1, 0.15) is 34.6 Å². The van der Waals surface area contributed by atoms with Crippen molar-refractivity contribution in [3.8, 4) is 0 Å². The third kappa shape index (κ3) is 3.39. The second kappa shape index (κ2) is 7.82. The van der Waals surface area contributed by atoms with Crippen LogP contribution in [-0.2, 0) is 28.8 Å². The molecule has 0 radical (unpaired) electrons. The van der Waals surface area contributed by atoms with Gasteiger partial charge in [0.1, 0.15) is 12.2 Å². The maximum Gasteiger partial charge on any atom is 0.240 e. The first-order valence-corrected chi connectivity index (χ1v) is 7.57. The molecule has 0 amide bonds. The van der Waals surface area contributed by atoms with Crippen LogP contribution in [0.4, 0.5) is 0 Å². The van der Waals surface area contributed by atoms with E-state index in [1.807, 2.05) is 0 Å². The summed E-state index contributed by atoms with van der Waals surface area (Å²) in [5.74, 6) is -10.00. The van der Waals surface area contributed by atoms with Gasteiger partial charge in [-0.2, -0.15) is 0 Å². The van der Waals surface area contributed by atoms with Gasteiger partial charge in [0.15, 0.2) is 34.5 Å². The molecular formula is C16H22O11. The van der Waals surface area contributed by atoms with Crippen LogP contribution in [0.3, 0.4) is 0 Å². The summed E-state index contributed by atoms with van der Waals surface area (Å²) in [7, 11) is 0. The van der Waals surface area contributed by atoms with Crippen LogP contribution >= 0.6 is 0 Å². The van der Waals surface area contributed by atoms with E-state index >= 15 is 0 Å². The van der Waals surface area contributed by atoms with E-state index in [1.165, 1.54) is 0 Å². The zero-order valence-corrected chi connectivity index (χ0v) is 15.3. The lowest BCUT2D eigenvalue weighted by Gasteiger charge is -2.49. The molecule has 0 aliphatic carbocycles. The normalized spacial score (nSPS) is 20.2. The topological polar surface area (TPSA) is 204 Å². The predicted molar refractivity (Wildman–Crippen MR) is 85.3 cm³/mol. The Bertz CT molecular complexity index is 711. The fraction of sp³-hybridized carbons (Fsp3) is 0.625. The molecule has 0 saturated heterocycles. The van der Waals surface area contributed by atoms with Crippen LogP contribution in [-0.4, -0.2) is 89.2 Å². The molecule has 5 N–H and O–H groups in total. The lowest BCUT2D eigenvalue weighted by molar-refractivity contribution is -0.250. The Balaban J connectivity index is 7.28. The van der Waals surface area contributed by atoms with Crippen molar-refractivity contribution in [2.45, 2.75) is 63.6 Å². The lowest BCUT2D eigenvalue weighted by atomic mass is 9.60. The summed E-state index contributed by atoms with van der Waals surface area (Å²) < 4.78 is 0. The van der Waals surface area contributed by atoms with E-state index in [1.54, 1.807) is 0 Å². The molecule has 0 fully saturated rings. The van der Waals surface area contributed by atoms with Crippen molar-refractivity contribution < 1.29 is 54.3 Å².